The molecule has 0 heterocycles. The number of carbonyl (C=O) groups excluding carboxylic acids is 1. The number of hydrogen-bond acceptors (Lipinski definition) is 3. The number of ether oxygens (including phenoxy) is 1. The monoisotopic (exact) mass is 276 g/mol. The maximum atomic E-state index is 12.5. The molecule has 1 aliphatic carbocycles. The van der Waals surface area contributed by atoms with Gasteiger partial charge in [-0.1, -0.05) is 13.8 Å². The summed E-state index contributed by atoms with van der Waals surface area (Å²) in [6.07, 6.45) is 0.719. The van der Waals surface area contributed by atoms with E-state index in [9.17, 15) is 9.59 Å². The fourth-order valence-corrected chi connectivity index (χ4v) is 2.80. The van der Waals surface area contributed by atoms with Crippen molar-refractivity contribution in [3.05, 3.63) is 28.3 Å². The van der Waals surface area contributed by atoms with Gasteiger partial charge in [-0.15, -0.1) is 0 Å². The molecule has 0 radical (unpaired) electrons. The molecule has 0 bridgehead atoms. The van der Waals surface area contributed by atoms with Crippen molar-refractivity contribution in [3.63, 3.8) is 0 Å². The van der Waals surface area contributed by atoms with Crippen molar-refractivity contribution in [2.24, 2.45) is 11.8 Å². The van der Waals surface area contributed by atoms with Crippen LogP contribution in [0.3, 0.4) is 0 Å². The van der Waals surface area contributed by atoms with Crippen LogP contribution in [0.2, 0.25) is 0 Å². The lowest BCUT2D eigenvalue weighted by molar-refractivity contribution is -0.139. The lowest BCUT2D eigenvalue weighted by Crippen LogP contribution is -2.16. The van der Waals surface area contributed by atoms with Crippen molar-refractivity contribution >= 4 is 11.8 Å². The van der Waals surface area contributed by atoms with Crippen molar-refractivity contribution in [3.8, 4) is 5.75 Å². The molecule has 0 saturated carbocycles. The number of aliphatic carboxylic acids is 1. The molecule has 1 aliphatic rings. The fourth-order valence-electron chi connectivity index (χ4n) is 2.80. The molecule has 20 heavy (non-hydrogen) atoms. The molecule has 108 valence electrons. The van der Waals surface area contributed by atoms with Crippen molar-refractivity contribution in [1.29, 1.82) is 0 Å². The smallest absolute Gasteiger partial charge is 0.341 e. The number of carbonyl (C=O) groups is 2. The second kappa shape index (κ2) is 5.27. The predicted octanol–water partition coefficient (Wildman–Crippen LogP) is 2.78. The van der Waals surface area contributed by atoms with Gasteiger partial charge in [0.25, 0.3) is 0 Å². The largest absolute Gasteiger partial charge is 0.482 e. The number of carboxylic acid groups (broad SMARTS) is 1. The van der Waals surface area contributed by atoms with E-state index in [1.54, 1.807) is 0 Å². The summed E-state index contributed by atoms with van der Waals surface area (Å²) in [4.78, 5) is 23.1. The van der Waals surface area contributed by atoms with E-state index in [2.05, 4.69) is 13.8 Å². The fraction of sp³-hybridized carbons (Fsp3) is 0.500. The molecule has 4 nitrogen and oxygen atoms in total. The van der Waals surface area contributed by atoms with Crippen LogP contribution in [0.5, 0.6) is 5.75 Å². The molecule has 0 spiro atoms. The van der Waals surface area contributed by atoms with Crippen LogP contribution >= 0.6 is 0 Å². The minimum atomic E-state index is -1.00. The van der Waals surface area contributed by atoms with Crippen LogP contribution in [0.1, 0.15) is 40.9 Å². The highest BCUT2D eigenvalue weighted by atomic mass is 16.5. The number of rotatable bonds is 4. The first-order valence-corrected chi connectivity index (χ1v) is 6.84. The number of benzene rings is 1. The third-order valence-corrected chi connectivity index (χ3v) is 4.11. The van der Waals surface area contributed by atoms with E-state index in [-0.39, 0.29) is 18.3 Å². The van der Waals surface area contributed by atoms with Crippen molar-refractivity contribution in [2.75, 3.05) is 6.61 Å². The average molecular weight is 276 g/mol. The minimum Gasteiger partial charge on any atom is -0.482 e. The number of ketones is 1. The SMILES string of the molecule is Cc1c(OCC(=O)O)cc2c(c1C)C(=O)C(C(C)C)C2. The molecular formula is C16H20O4. The third kappa shape index (κ3) is 2.42. The van der Waals surface area contributed by atoms with Gasteiger partial charge in [-0.05, 0) is 48.9 Å². The van der Waals surface area contributed by atoms with Gasteiger partial charge in [-0.3, -0.25) is 4.79 Å². The molecule has 1 unspecified atom stereocenters. The van der Waals surface area contributed by atoms with Crippen LogP contribution in [-0.2, 0) is 11.2 Å². The maximum absolute atomic E-state index is 12.5. The van der Waals surface area contributed by atoms with E-state index >= 15 is 0 Å². The Kier molecular flexibility index (Phi) is 3.84. The van der Waals surface area contributed by atoms with E-state index in [1.807, 2.05) is 19.9 Å². The molecule has 0 saturated heterocycles. The first kappa shape index (κ1) is 14.6. The summed E-state index contributed by atoms with van der Waals surface area (Å²) in [6, 6.07) is 1.83. The third-order valence-electron chi connectivity index (χ3n) is 4.11. The number of Topliss-reactive ketones (excluding diaryl/α,β-unsaturated/α-hetero) is 1. The quantitative estimate of drug-likeness (QED) is 0.918. The van der Waals surface area contributed by atoms with Crippen LogP contribution in [-0.4, -0.2) is 23.5 Å². The number of fused-ring (bicyclic) bond motifs is 1. The minimum absolute atomic E-state index is 0.0258. The Morgan fingerprint density at radius 2 is 2.05 bits per heavy atom. The van der Waals surface area contributed by atoms with Gasteiger partial charge >= 0.3 is 5.97 Å². The van der Waals surface area contributed by atoms with Crippen LogP contribution in [0, 0.1) is 25.7 Å². The highest BCUT2D eigenvalue weighted by molar-refractivity contribution is 6.04. The molecule has 0 aliphatic heterocycles. The van der Waals surface area contributed by atoms with Crippen molar-refractivity contribution in [1.82, 2.24) is 0 Å². The second-order valence-corrected chi connectivity index (χ2v) is 5.76. The molecule has 1 aromatic rings. The molecular weight excluding hydrogens is 256 g/mol. The summed E-state index contributed by atoms with van der Waals surface area (Å²) in [5.41, 5.74) is 3.56. The topological polar surface area (TPSA) is 63.6 Å². The summed E-state index contributed by atoms with van der Waals surface area (Å²) in [6.45, 7) is 7.52. The van der Waals surface area contributed by atoms with Gasteiger partial charge in [-0.2, -0.15) is 0 Å². The van der Waals surface area contributed by atoms with E-state index < -0.39 is 5.97 Å². The van der Waals surface area contributed by atoms with Crippen molar-refractivity contribution < 1.29 is 19.4 Å². The van der Waals surface area contributed by atoms with Crippen LogP contribution < -0.4 is 4.74 Å². The average Bonchev–Trinajstić information content (AvgIpc) is 2.69. The normalized spacial score (nSPS) is 17.4. The number of hydrogen-bond donors (Lipinski definition) is 1. The first-order chi connectivity index (χ1) is 9.32. The summed E-state index contributed by atoms with van der Waals surface area (Å²) in [7, 11) is 0. The summed E-state index contributed by atoms with van der Waals surface area (Å²) < 4.78 is 5.32. The predicted molar refractivity (Wildman–Crippen MR) is 75.4 cm³/mol. The Hall–Kier alpha value is -1.84. The summed E-state index contributed by atoms with van der Waals surface area (Å²) in [5, 5.41) is 8.71. The van der Waals surface area contributed by atoms with Gasteiger partial charge in [0, 0.05) is 11.5 Å². The van der Waals surface area contributed by atoms with Gasteiger partial charge in [0.05, 0.1) is 0 Å². The Bertz CT molecular complexity index is 572. The molecule has 4 heteroatoms. The number of carboxylic acids is 1. The van der Waals surface area contributed by atoms with Crippen LogP contribution in [0.15, 0.2) is 6.07 Å². The van der Waals surface area contributed by atoms with Gasteiger partial charge in [0.1, 0.15) is 5.75 Å². The van der Waals surface area contributed by atoms with Crippen LogP contribution in [0.25, 0.3) is 0 Å². The lowest BCUT2D eigenvalue weighted by Gasteiger charge is -2.13. The molecule has 1 N–H and O–H groups in total. The van der Waals surface area contributed by atoms with Gasteiger partial charge < -0.3 is 9.84 Å². The summed E-state index contributed by atoms with van der Waals surface area (Å²) in [5.74, 6) is 0.107. The maximum Gasteiger partial charge on any atom is 0.341 e. The van der Waals surface area contributed by atoms with Gasteiger partial charge in [0.15, 0.2) is 12.4 Å². The van der Waals surface area contributed by atoms with E-state index in [1.165, 1.54) is 0 Å². The Balaban J connectivity index is 2.40. The molecule has 1 atom stereocenters. The molecule has 0 amide bonds. The van der Waals surface area contributed by atoms with Gasteiger partial charge in [0.2, 0.25) is 0 Å². The second-order valence-electron chi connectivity index (χ2n) is 5.76. The Morgan fingerprint density at radius 3 is 2.60 bits per heavy atom. The molecule has 0 fully saturated rings. The highest BCUT2D eigenvalue weighted by Crippen LogP contribution is 2.38. The highest BCUT2D eigenvalue weighted by Gasteiger charge is 2.35. The Morgan fingerprint density at radius 1 is 1.40 bits per heavy atom. The zero-order chi connectivity index (χ0) is 15.0. The standard InChI is InChI=1S/C16H20O4/c1-8(2)12-5-11-6-13(20-7-14(17)18)9(3)10(4)15(11)16(12)19/h6,8,12H,5,7H2,1-4H3,(H,17,18). The summed E-state index contributed by atoms with van der Waals surface area (Å²) >= 11 is 0. The van der Waals surface area contributed by atoms with Crippen molar-refractivity contribution in [2.45, 2.75) is 34.1 Å². The van der Waals surface area contributed by atoms with E-state index in [0.29, 0.717) is 11.7 Å². The molecule has 0 aromatic heterocycles. The zero-order valence-electron chi connectivity index (χ0n) is 12.3. The van der Waals surface area contributed by atoms with E-state index in [4.69, 9.17) is 9.84 Å². The molecule has 1 aromatic carbocycles. The van der Waals surface area contributed by atoms with Gasteiger partial charge in [-0.25, -0.2) is 4.79 Å². The lowest BCUT2D eigenvalue weighted by atomic mass is 9.91. The molecule has 2 rings (SSSR count). The first-order valence-electron chi connectivity index (χ1n) is 6.84. The zero-order valence-corrected chi connectivity index (χ0v) is 12.3. The van der Waals surface area contributed by atoms with Crippen LogP contribution in [0.4, 0.5) is 0 Å². The Labute approximate surface area is 118 Å². The van der Waals surface area contributed by atoms with E-state index in [0.717, 1.165) is 28.7 Å².